The van der Waals surface area contributed by atoms with E-state index < -0.39 is 27.2 Å². The summed E-state index contributed by atoms with van der Waals surface area (Å²) in [6.45, 7) is 8.02. The summed E-state index contributed by atoms with van der Waals surface area (Å²) in [5.74, 6) is -0.747. The van der Waals surface area contributed by atoms with E-state index >= 15 is 0 Å². The first kappa shape index (κ1) is 17.0. The number of ether oxygens (including phenoxy) is 1. The molecule has 1 saturated heterocycles. The van der Waals surface area contributed by atoms with Crippen LogP contribution in [0.25, 0.3) is 0 Å². The van der Waals surface area contributed by atoms with Crippen molar-refractivity contribution in [1.29, 1.82) is 0 Å². The predicted octanol–water partition coefficient (Wildman–Crippen LogP) is 2.08. The van der Waals surface area contributed by atoms with E-state index in [1.807, 2.05) is 13.8 Å². The van der Waals surface area contributed by atoms with Crippen LogP contribution in [0.4, 0.5) is 0 Å². The van der Waals surface area contributed by atoms with E-state index in [9.17, 15) is 13.2 Å². The standard InChI is InChI=1S/C16H23NO4S/c1-12(2)14-10-21-16(3,4)17(14)15(18)11-22(19,20)13-8-6-5-7-9-13/h5-9,12,14H,10-11H2,1-4H3. The molecule has 1 aliphatic heterocycles. The zero-order chi connectivity index (χ0) is 16.5. The normalized spacial score (nSPS) is 21.3. The number of hydrogen-bond donors (Lipinski definition) is 0. The lowest BCUT2D eigenvalue weighted by atomic mass is 10.0. The zero-order valence-corrected chi connectivity index (χ0v) is 14.3. The van der Waals surface area contributed by atoms with Gasteiger partial charge < -0.3 is 9.64 Å². The third kappa shape index (κ3) is 3.33. The Morgan fingerprint density at radius 2 is 1.91 bits per heavy atom. The lowest BCUT2D eigenvalue weighted by Gasteiger charge is -2.35. The molecule has 1 atom stereocenters. The summed E-state index contributed by atoms with van der Waals surface area (Å²) in [5, 5.41) is 0. The van der Waals surface area contributed by atoms with Crippen molar-refractivity contribution < 1.29 is 17.9 Å². The second-order valence-corrected chi connectivity index (χ2v) is 8.39. The van der Waals surface area contributed by atoms with E-state index in [4.69, 9.17) is 4.74 Å². The highest BCUT2D eigenvalue weighted by molar-refractivity contribution is 7.92. The van der Waals surface area contributed by atoms with Crippen molar-refractivity contribution >= 4 is 15.7 Å². The quantitative estimate of drug-likeness (QED) is 0.850. The SMILES string of the molecule is CC(C)C1COC(C)(C)N1C(=O)CS(=O)(=O)c1ccccc1. The molecule has 1 unspecified atom stereocenters. The first-order valence-electron chi connectivity index (χ1n) is 7.39. The fraction of sp³-hybridized carbons (Fsp3) is 0.562. The van der Waals surface area contributed by atoms with Gasteiger partial charge >= 0.3 is 0 Å². The first-order valence-corrected chi connectivity index (χ1v) is 9.04. The summed E-state index contributed by atoms with van der Waals surface area (Å²) in [5.41, 5.74) is -0.780. The molecule has 1 heterocycles. The van der Waals surface area contributed by atoms with Crippen LogP contribution >= 0.6 is 0 Å². The van der Waals surface area contributed by atoms with E-state index in [-0.39, 0.29) is 16.9 Å². The van der Waals surface area contributed by atoms with E-state index in [1.54, 1.807) is 36.9 Å². The van der Waals surface area contributed by atoms with Crippen molar-refractivity contribution in [3.05, 3.63) is 30.3 Å². The van der Waals surface area contributed by atoms with Crippen LogP contribution < -0.4 is 0 Å². The Balaban J connectivity index is 2.24. The Hall–Kier alpha value is -1.40. The van der Waals surface area contributed by atoms with Crippen molar-refractivity contribution in [2.45, 2.75) is 44.4 Å². The highest BCUT2D eigenvalue weighted by Crippen LogP contribution is 2.31. The molecule has 0 aliphatic carbocycles. The van der Waals surface area contributed by atoms with Crippen LogP contribution in [-0.2, 0) is 19.4 Å². The molecule has 1 fully saturated rings. The van der Waals surface area contributed by atoms with E-state index in [0.29, 0.717) is 6.61 Å². The average Bonchev–Trinajstić information content (AvgIpc) is 2.75. The van der Waals surface area contributed by atoms with Crippen LogP contribution in [-0.4, -0.2) is 43.4 Å². The molecule has 0 radical (unpaired) electrons. The molecule has 0 saturated carbocycles. The Kier molecular flexibility index (Phi) is 4.63. The number of amides is 1. The average molecular weight is 325 g/mol. The molecule has 0 aromatic heterocycles. The molecule has 6 heteroatoms. The maximum Gasteiger partial charge on any atom is 0.240 e. The number of hydrogen-bond acceptors (Lipinski definition) is 4. The number of nitrogens with zero attached hydrogens (tertiary/aromatic N) is 1. The predicted molar refractivity (Wildman–Crippen MR) is 84.0 cm³/mol. The van der Waals surface area contributed by atoms with Crippen molar-refractivity contribution in [3.8, 4) is 0 Å². The van der Waals surface area contributed by atoms with Crippen molar-refractivity contribution in [1.82, 2.24) is 4.90 Å². The van der Waals surface area contributed by atoms with Gasteiger partial charge in [0.25, 0.3) is 0 Å². The van der Waals surface area contributed by atoms with Gasteiger partial charge in [-0.15, -0.1) is 0 Å². The van der Waals surface area contributed by atoms with Gasteiger partial charge in [0.1, 0.15) is 11.5 Å². The van der Waals surface area contributed by atoms with E-state index in [0.717, 1.165) is 0 Å². The molecule has 122 valence electrons. The summed E-state index contributed by atoms with van der Waals surface area (Å²) < 4.78 is 30.5. The molecule has 22 heavy (non-hydrogen) atoms. The van der Waals surface area contributed by atoms with Crippen molar-refractivity contribution in [2.75, 3.05) is 12.4 Å². The number of sulfone groups is 1. The van der Waals surface area contributed by atoms with Crippen LogP contribution in [0.3, 0.4) is 0 Å². The number of rotatable bonds is 4. The zero-order valence-electron chi connectivity index (χ0n) is 13.4. The third-order valence-electron chi connectivity index (χ3n) is 3.97. The molecular formula is C16H23NO4S. The summed E-state index contributed by atoms with van der Waals surface area (Å²) in [6, 6.07) is 7.96. The largest absolute Gasteiger partial charge is 0.354 e. The lowest BCUT2D eigenvalue weighted by Crippen LogP contribution is -2.51. The summed E-state index contributed by atoms with van der Waals surface area (Å²) in [7, 11) is -3.64. The van der Waals surface area contributed by atoms with Crippen LogP contribution in [0.15, 0.2) is 35.2 Å². The molecule has 1 amide bonds. The van der Waals surface area contributed by atoms with Gasteiger partial charge in [-0.25, -0.2) is 8.42 Å². The first-order chi connectivity index (χ1) is 10.1. The number of carbonyl (C=O) groups excluding carboxylic acids is 1. The Bertz CT molecular complexity index is 637. The smallest absolute Gasteiger partial charge is 0.240 e. The summed E-state index contributed by atoms with van der Waals surface area (Å²) in [6.07, 6.45) is 0. The minimum atomic E-state index is -3.64. The van der Waals surface area contributed by atoms with E-state index in [2.05, 4.69) is 0 Å². The fourth-order valence-corrected chi connectivity index (χ4v) is 3.95. The molecule has 5 nitrogen and oxygen atoms in total. The Labute approximate surface area is 132 Å². The minimum absolute atomic E-state index is 0.103. The highest BCUT2D eigenvalue weighted by atomic mass is 32.2. The molecule has 0 N–H and O–H groups in total. The molecular weight excluding hydrogens is 302 g/mol. The topological polar surface area (TPSA) is 63.7 Å². The molecule has 2 rings (SSSR count). The second-order valence-electron chi connectivity index (χ2n) is 6.40. The van der Waals surface area contributed by atoms with Crippen LogP contribution in [0.5, 0.6) is 0 Å². The highest BCUT2D eigenvalue weighted by Gasteiger charge is 2.45. The number of carbonyl (C=O) groups is 1. The molecule has 1 aromatic rings. The molecule has 1 aliphatic rings. The monoisotopic (exact) mass is 325 g/mol. The lowest BCUT2D eigenvalue weighted by molar-refractivity contribution is -0.144. The van der Waals surface area contributed by atoms with Gasteiger partial charge in [0.15, 0.2) is 9.84 Å². The number of benzene rings is 1. The van der Waals surface area contributed by atoms with E-state index in [1.165, 1.54) is 12.1 Å². The van der Waals surface area contributed by atoms with Crippen molar-refractivity contribution in [2.24, 2.45) is 5.92 Å². The summed E-state index contributed by atoms with van der Waals surface area (Å²) >= 11 is 0. The maximum absolute atomic E-state index is 12.6. The van der Waals surface area contributed by atoms with Gasteiger partial charge in [-0.1, -0.05) is 32.0 Å². The van der Waals surface area contributed by atoms with Crippen molar-refractivity contribution in [3.63, 3.8) is 0 Å². The van der Waals surface area contributed by atoms with Gasteiger partial charge in [-0.2, -0.15) is 0 Å². The van der Waals surface area contributed by atoms with Crippen LogP contribution in [0, 0.1) is 5.92 Å². The van der Waals surface area contributed by atoms with Gasteiger partial charge in [0, 0.05) is 0 Å². The Morgan fingerprint density at radius 3 is 2.45 bits per heavy atom. The van der Waals surface area contributed by atoms with Gasteiger partial charge in [-0.05, 0) is 31.9 Å². The van der Waals surface area contributed by atoms with Crippen LogP contribution in [0.1, 0.15) is 27.7 Å². The van der Waals surface area contributed by atoms with Crippen LogP contribution in [0.2, 0.25) is 0 Å². The molecule has 1 aromatic carbocycles. The minimum Gasteiger partial charge on any atom is -0.354 e. The third-order valence-corrected chi connectivity index (χ3v) is 5.59. The maximum atomic E-state index is 12.6. The van der Waals surface area contributed by atoms with Gasteiger partial charge in [0.2, 0.25) is 5.91 Å². The summed E-state index contributed by atoms with van der Waals surface area (Å²) in [4.78, 5) is 14.4. The van der Waals surface area contributed by atoms with Gasteiger partial charge in [-0.3, -0.25) is 4.79 Å². The second kappa shape index (κ2) is 6.01. The Morgan fingerprint density at radius 1 is 1.32 bits per heavy atom. The van der Waals surface area contributed by atoms with Gasteiger partial charge in [0.05, 0.1) is 17.5 Å². The fourth-order valence-electron chi connectivity index (χ4n) is 2.75. The molecule has 0 bridgehead atoms. The molecule has 0 spiro atoms.